The quantitative estimate of drug-likeness (QED) is 0.432. The zero-order valence-corrected chi connectivity index (χ0v) is 11.9. The smallest absolute Gasteiger partial charge is 0.246 e. The molecule has 2 atom stereocenters. The van der Waals surface area contributed by atoms with E-state index in [0.717, 1.165) is 26.1 Å². The van der Waals surface area contributed by atoms with Gasteiger partial charge in [-0.15, -0.1) is 0 Å². The lowest BCUT2D eigenvalue weighted by Crippen LogP contribution is -2.58. The molecular formula is C11H18IN3O. The topological polar surface area (TPSA) is 26.8 Å². The SMILES string of the molecule is CN(C)C/C=C/C(=O)N1CCC2C1CN2I. The molecule has 2 rings (SSSR count). The van der Waals surface area contributed by atoms with Crippen LogP contribution in [0.4, 0.5) is 0 Å². The predicted molar refractivity (Wildman–Crippen MR) is 72.3 cm³/mol. The molecular weight excluding hydrogens is 317 g/mol. The van der Waals surface area contributed by atoms with Crippen molar-refractivity contribution in [2.24, 2.45) is 0 Å². The second kappa shape index (κ2) is 5.01. The number of hydrogen-bond acceptors (Lipinski definition) is 3. The molecule has 2 saturated heterocycles. The van der Waals surface area contributed by atoms with Gasteiger partial charge in [0.05, 0.1) is 6.04 Å². The number of carbonyl (C=O) groups excluding carboxylic acids is 1. The van der Waals surface area contributed by atoms with E-state index >= 15 is 0 Å². The van der Waals surface area contributed by atoms with Gasteiger partial charge >= 0.3 is 0 Å². The van der Waals surface area contributed by atoms with Gasteiger partial charge in [-0.25, -0.2) is 3.11 Å². The van der Waals surface area contributed by atoms with Gasteiger partial charge in [-0.1, -0.05) is 6.08 Å². The molecule has 0 N–H and O–H groups in total. The summed E-state index contributed by atoms with van der Waals surface area (Å²) in [5.41, 5.74) is 0. The Bertz CT molecular complexity index is 306. The molecule has 0 saturated carbocycles. The highest BCUT2D eigenvalue weighted by Crippen LogP contribution is 2.34. The fourth-order valence-electron chi connectivity index (χ4n) is 2.29. The van der Waals surface area contributed by atoms with Crippen LogP contribution in [0.2, 0.25) is 0 Å². The molecule has 4 nitrogen and oxygen atoms in total. The third kappa shape index (κ3) is 2.41. The Morgan fingerprint density at radius 2 is 2.25 bits per heavy atom. The number of halogens is 1. The predicted octanol–water partition coefficient (Wildman–Crippen LogP) is 0.739. The van der Waals surface area contributed by atoms with Gasteiger partial charge in [-0.3, -0.25) is 4.79 Å². The maximum atomic E-state index is 11.9. The van der Waals surface area contributed by atoms with Crippen LogP contribution in [0.1, 0.15) is 6.42 Å². The molecule has 2 aliphatic rings. The maximum absolute atomic E-state index is 11.9. The molecule has 2 fully saturated rings. The highest BCUT2D eigenvalue weighted by Gasteiger charge is 2.47. The fourth-order valence-corrected chi connectivity index (χ4v) is 3.35. The molecule has 2 aliphatic heterocycles. The van der Waals surface area contributed by atoms with Gasteiger partial charge in [0.15, 0.2) is 0 Å². The molecule has 0 aliphatic carbocycles. The van der Waals surface area contributed by atoms with Crippen LogP contribution < -0.4 is 0 Å². The van der Waals surface area contributed by atoms with Crippen LogP contribution in [0.5, 0.6) is 0 Å². The minimum atomic E-state index is 0.179. The molecule has 0 aromatic heterocycles. The van der Waals surface area contributed by atoms with Crippen molar-refractivity contribution in [3.63, 3.8) is 0 Å². The zero-order valence-electron chi connectivity index (χ0n) is 9.77. The first-order valence-electron chi connectivity index (χ1n) is 5.64. The lowest BCUT2D eigenvalue weighted by molar-refractivity contribution is -0.128. The third-order valence-corrected chi connectivity index (χ3v) is 4.36. The van der Waals surface area contributed by atoms with Gasteiger partial charge in [0, 0.05) is 54.6 Å². The Hall–Kier alpha value is -0.140. The highest BCUT2D eigenvalue weighted by atomic mass is 127. The molecule has 0 radical (unpaired) electrons. The number of hydrogen-bond donors (Lipinski definition) is 0. The summed E-state index contributed by atoms with van der Waals surface area (Å²) in [4.78, 5) is 16.0. The maximum Gasteiger partial charge on any atom is 0.246 e. The number of likely N-dealkylation sites (tertiary alicyclic amines) is 1. The lowest BCUT2D eigenvalue weighted by atomic mass is 10.0. The van der Waals surface area contributed by atoms with Gasteiger partial charge < -0.3 is 9.80 Å². The molecule has 0 aromatic rings. The fraction of sp³-hybridized carbons (Fsp3) is 0.727. The van der Waals surface area contributed by atoms with E-state index < -0.39 is 0 Å². The Kier molecular flexibility index (Phi) is 3.86. The number of nitrogens with zero attached hydrogens (tertiary/aromatic N) is 3. The van der Waals surface area contributed by atoms with E-state index in [-0.39, 0.29) is 5.91 Å². The summed E-state index contributed by atoms with van der Waals surface area (Å²) in [6.07, 6.45) is 4.79. The first kappa shape index (κ1) is 12.3. The first-order chi connectivity index (χ1) is 7.59. The number of likely N-dealkylation sites (N-methyl/N-ethyl adjacent to an activating group) is 1. The van der Waals surface area contributed by atoms with Crippen molar-refractivity contribution in [2.75, 3.05) is 33.7 Å². The second-order valence-corrected chi connectivity index (χ2v) is 5.94. The highest BCUT2D eigenvalue weighted by molar-refractivity contribution is 14.1. The summed E-state index contributed by atoms with van der Waals surface area (Å²) in [6, 6.07) is 1.07. The minimum Gasteiger partial charge on any atom is -0.333 e. The van der Waals surface area contributed by atoms with E-state index in [1.165, 1.54) is 0 Å². The van der Waals surface area contributed by atoms with E-state index in [1.807, 2.05) is 30.0 Å². The summed E-state index contributed by atoms with van der Waals surface area (Å²) in [6.45, 7) is 2.77. The molecule has 0 aromatic carbocycles. The van der Waals surface area contributed by atoms with Crippen LogP contribution in [-0.4, -0.2) is 64.6 Å². The first-order valence-corrected chi connectivity index (χ1v) is 6.60. The van der Waals surface area contributed by atoms with Gasteiger partial charge in [0.25, 0.3) is 0 Å². The summed E-state index contributed by atoms with van der Waals surface area (Å²) < 4.78 is 2.30. The summed E-state index contributed by atoms with van der Waals surface area (Å²) in [7, 11) is 4.00. The third-order valence-electron chi connectivity index (χ3n) is 3.25. The average molecular weight is 335 g/mol. The molecule has 2 unspecified atom stereocenters. The standard InChI is InChI=1S/C11H18IN3O/c1-13(2)6-3-4-11(16)14-7-5-9-10(14)8-15(9)12/h3-4,9-10H,5-8H2,1-2H3/b4-3+. The minimum absolute atomic E-state index is 0.179. The van der Waals surface area contributed by atoms with Crippen molar-refractivity contribution in [3.05, 3.63) is 12.2 Å². The van der Waals surface area contributed by atoms with Crippen LogP contribution in [0.25, 0.3) is 0 Å². The van der Waals surface area contributed by atoms with Crippen LogP contribution in [0, 0.1) is 0 Å². The van der Waals surface area contributed by atoms with Crippen LogP contribution in [0.3, 0.4) is 0 Å². The molecule has 16 heavy (non-hydrogen) atoms. The van der Waals surface area contributed by atoms with E-state index in [2.05, 4.69) is 26.0 Å². The molecule has 90 valence electrons. The van der Waals surface area contributed by atoms with Crippen molar-refractivity contribution in [1.29, 1.82) is 0 Å². The van der Waals surface area contributed by atoms with Crippen molar-refractivity contribution >= 4 is 28.8 Å². The lowest BCUT2D eigenvalue weighted by Gasteiger charge is -2.42. The van der Waals surface area contributed by atoms with E-state index in [1.54, 1.807) is 6.08 Å². The van der Waals surface area contributed by atoms with Crippen molar-refractivity contribution in [3.8, 4) is 0 Å². The normalized spacial score (nSPS) is 29.9. The number of amides is 1. The van der Waals surface area contributed by atoms with E-state index in [4.69, 9.17) is 0 Å². The summed E-state index contributed by atoms with van der Waals surface area (Å²) >= 11 is 2.35. The van der Waals surface area contributed by atoms with Crippen molar-refractivity contribution in [2.45, 2.75) is 18.5 Å². The molecule has 1 amide bonds. The Labute approximate surface area is 111 Å². The number of carbonyl (C=O) groups is 1. The monoisotopic (exact) mass is 335 g/mol. The van der Waals surface area contributed by atoms with Crippen molar-refractivity contribution < 1.29 is 4.79 Å². The molecule has 0 spiro atoms. The molecule has 2 heterocycles. The zero-order chi connectivity index (χ0) is 11.7. The Balaban J connectivity index is 1.85. The average Bonchev–Trinajstić information content (AvgIpc) is 2.54. The van der Waals surface area contributed by atoms with E-state index in [9.17, 15) is 4.79 Å². The largest absolute Gasteiger partial charge is 0.333 e. The number of rotatable bonds is 3. The van der Waals surface area contributed by atoms with Crippen LogP contribution >= 0.6 is 22.9 Å². The summed E-state index contributed by atoms with van der Waals surface area (Å²) in [5, 5.41) is 0. The van der Waals surface area contributed by atoms with Crippen LogP contribution in [0.15, 0.2) is 12.2 Å². The van der Waals surface area contributed by atoms with Gasteiger partial charge in [0.1, 0.15) is 0 Å². The van der Waals surface area contributed by atoms with E-state index in [0.29, 0.717) is 12.1 Å². The Morgan fingerprint density at radius 3 is 2.81 bits per heavy atom. The number of fused-ring (bicyclic) bond motifs is 1. The van der Waals surface area contributed by atoms with Gasteiger partial charge in [-0.2, -0.15) is 0 Å². The molecule has 5 heteroatoms. The second-order valence-electron chi connectivity index (χ2n) is 4.70. The Morgan fingerprint density at radius 1 is 1.50 bits per heavy atom. The van der Waals surface area contributed by atoms with Gasteiger partial charge in [0.2, 0.25) is 5.91 Å². The summed E-state index contributed by atoms with van der Waals surface area (Å²) in [5.74, 6) is 0.179. The van der Waals surface area contributed by atoms with Crippen LogP contribution in [-0.2, 0) is 4.79 Å². The van der Waals surface area contributed by atoms with Gasteiger partial charge in [-0.05, 0) is 20.5 Å². The molecule has 0 bridgehead atoms. The van der Waals surface area contributed by atoms with Crippen molar-refractivity contribution in [1.82, 2.24) is 12.9 Å².